The number of amides is 1. The Morgan fingerprint density at radius 2 is 1.97 bits per heavy atom. The van der Waals surface area contributed by atoms with E-state index in [-0.39, 0.29) is 5.82 Å². The molecule has 148 valence electrons. The third kappa shape index (κ3) is 5.32. The largest absolute Gasteiger partial charge is 0.353 e. The van der Waals surface area contributed by atoms with Gasteiger partial charge < -0.3 is 5.32 Å². The highest BCUT2D eigenvalue weighted by Crippen LogP contribution is 2.34. The van der Waals surface area contributed by atoms with Crippen LogP contribution >= 0.6 is 11.3 Å². The number of pyridine rings is 1. The van der Waals surface area contributed by atoms with Crippen molar-refractivity contribution >= 4 is 17.7 Å². The molecule has 4 rings (SSSR count). The highest BCUT2D eigenvalue weighted by molar-refractivity contribution is 7.13. The Bertz CT molecular complexity index is 1060. The molecule has 0 atom stereocenters. The standard InChI is InChI=1S/C14H12FN3S.C7H8N2O/c1-8-7-19-14(16-8)12-9(2)17-18-13(12)10-3-5-11(15)6-4-10;10-6-8-5-7-3-1-2-4-9-7/h3-7H,1-2H3,(H,17,18);1-4,6H,5H2,(H,8,10). The molecule has 0 unspecified atom stereocenters. The van der Waals surface area contributed by atoms with Gasteiger partial charge in [-0.3, -0.25) is 14.9 Å². The molecule has 3 aromatic heterocycles. The SMILES string of the molecule is Cc1csc(-c2c(-c3ccc(F)cc3)n[nH]c2C)n1.O=CNCc1ccccn1. The van der Waals surface area contributed by atoms with Crippen molar-refractivity contribution in [3.05, 3.63) is 76.9 Å². The van der Waals surface area contributed by atoms with E-state index in [0.29, 0.717) is 13.0 Å². The Labute approximate surface area is 171 Å². The van der Waals surface area contributed by atoms with Crippen molar-refractivity contribution in [3.8, 4) is 21.8 Å². The van der Waals surface area contributed by atoms with Crippen LogP contribution in [0.1, 0.15) is 17.1 Å². The lowest BCUT2D eigenvalue weighted by Crippen LogP contribution is -2.10. The maximum absolute atomic E-state index is 13.0. The highest BCUT2D eigenvalue weighted by Gasteiger charge is 2.16. The van der Waals surface area contributed by atoms with Gasteiger partial charge in [0.2, 0.25) is 6.41 Å². The molecule has 8 heteroatoms. The molecule has 3 heterocycles. The first-order valence-corrected chi connectivity index (χ1v) is 9.76. The third-order valence-corrected chi connectivity index (χ3v) is 4.97. The lowest BCUT2D eigenvalue weighted by Gasteiger charge is -2.01. The zero-order chi connectivity index (χ0) is 20.6. The van der Waals surface area contributed by atoms with E-state index in [2.05, 4.69) is 25.5 Å². The molecule has 0 bridgehead atoms. The third-order valence-electron chi connectivity index (χ3n) is 3.99. The van der Waals surface area contributed by atoms with Crippen LogP contribution in [0.25, 0.3) is 21.8 Å². The maximum atomic E-state index is 13.0. The summed E-state index contributed by atoms with van der Waals surface area (Å²) in [5.74, 6) is -0.248. The Kier molecular flexibility index (Phi) is 6.80. The first kappa shape index (κ1) is 20.3. The van der Waals surface area contributed by atoms with E-state index < -0.39 is 0 Å². The van der Waals surface area contributed by atoms with E-state index in [9.17, 15) is 9.18 Å². The Morgan fingerprint density at radius 3 is 2.59 bits per heavy atom. The minimum atomic E-state index is -0.248. The number of aromatic nitrogens is 4. The number of aryl methyl sites for hydroxylation is 2. The molecule has 0 saturated carbocycles. The van der Waals surface area contributed by atoms with Crippen molar-refractivity contribution in [2.45, 2.75) is 20.4 Å². The first-order chi connectivity index (χ1) is 14.1. The highest BCUT2D eigenvalue weighted by atomic mass is 32.1. The van der Waals surface area contributed by atoms with Crippen LogP contribution in [0.3, 0.4) is 0 Å². The fourth-order valence-corrected chi connectivity index (χ4v) is 3.52. The van der Waals surface area contributed by atoms with Crippen molar-refractivity contribution < 1.29 is 9.18 Å². The van der Waals surface area contributed by atoms with Gasteiger partial charge >= 0.3 is 0 Å². The number of thiazole rings is 1. The van der Waals surface area contributed by atoms with Crippen molar-refractivity contribution in [2.24, 2.45) is 0 Å². The van der Waals surface area contributed by atoms with E-state index in [4.69, 9.17) is 0 Å². The predicted molar refractivity (Wildman–Crippen MR) is 112 cm³/mol. The zero-order valence-corrected chi connectivity index (χ0v) is 16.8. The Morgan fingerprint density at radius 1 is 1.17 bits per heavy atom. The van der Waals surface area contributed by atoms with Crippen LogP contribution in [0, 0.1) is 19.7 Å². The quantitative estimate of drug-likeness (QED) is 0.482. The fourth-order valence-electron chi connectivity index (χ4n) is 2.63. The van der Waals surface area contributed by atoms with Gasteiger partial charge in [-0.2, -0.15) is 5.10 Å². The van der Waals surface area contributed by atoms with Gasteiger partial charge in [-0.25, -0.2) is 9.37 Å². The van der Waals surface area contributed by atoms with Gasteiger partial charge in [0.25, 0.3) is 0 Å². The van der Waals surface area contributed by atoms with Crippen molar-refractivity contribution in [2.75, 3.05) is 0 Å². The fraction of sp³-hybridized carbons (Fsp3) is 0.143. The maximum Gasteiger partial charge on any atom is 0.207 e. The Hall–Kier alpha value is -3.39. The molecule has 2 N–H and O–H groups in total. The van der Waals surface area contributed by atoms with Crippen molar-refractivity contribution in [1.82, 2.24) is 25.5 Å². The summed E-state index contributed by atoms with van der Waals surface area (Å²) < 4.78 is 13.0. The normalized spacial score (nSPS) is 10.2. The van der Waals surface area contributed by atoms with Gasteiger partial charge in [0, 0.05) is 28.5 Å². The lowest BCUT2D eigenvalue weighted by atomic mass is 10.1. The molecule has 0 radical (unpaired) electrons. The molecular weight excluding hydrogens is 389 g/mol. The summed E-state index contributed by atoms with van der Waals surface area (Å²) in [5.41, 5.74) is 5.51. The number of H-pyrrole nitrogens is 1. The second-order valence-electron chi connectivity index (χ2n) is 6.19. The van der Waals surface area contributed by atoms with Gasteiger partial charge in [-0.05, 0) is 50.2 Å². The number of hydrogen-bond donors (Lipinski definition) is 2. The zero-order valence-electron chi connectivity index (χ0n) is 16.0. The average molecular weight is 409 g/mol. The smallest absolute Gasteiger partial charge is 0.207 e. The van der Waals surface area contributed by atoms with Gasteiger partial charge in [-0.15, -0.1) is 11.3 Å². The molecule has 0 aliphatic rings. The summed E-state index contributed by atoms with van der Waals surface area (Å²) in [7, 11) is 0. The Balaban J connectivity index is 0.000000204. The first-order valence-electron chi connectivity index (χ1n) is 8.89. The summed E-state index contributed by atoms with van der Waals surface area (Å²) in [6.45, 7) is 4.43. The monoisotopic (exact) mass is 409 g/mol. The molecule has 6 nitrogen and oxygen atoms in total. The van der Waals surface area contributed by atoms with E-state index in [1.54, 1.807) is 29.7 Å². The summed E-state index contributed by atoms with van der Waals surface area (Å²) >= 11 is 1.59. The van der Waals surface area contributed by atoms with Crippen LogP contribution in [-0.4, -0.2) is 26.6 Å². The second kappa shape index (κ2) is 9.70. The topological polar surface area (TPSA) is 83.6 Å². The number of nitrogens with zero attached hydrogens (tertiary/aromatic N) is 3. The summed E-state index contributed by atoms with van der Waals surface area (Å²) in [6.07, 6.45) is 2.36. The van der Waals surface area contributed by atoms with Gasteiger partial charge in [0.1, 0.15) is 16.5 Å². The van der Waals surface area contributed by atoms with E-state index >= 15 is 0 Å². The van der Waals surface area contributed by atoms with Crippen molar-refractivity contribution in [1.29, 1.82) is 0 Å². The summed E-state index contributed by atoms with van der Waals surface area (Å²) in [4.78, 5) is 18.3. The molecule has 1 amide bonds. The average Bonchev–Trinajstić information content (AvgIpc) is 3.33. The number of carbonyl (C=O) groups excluding carboxylic acids is 1. The van der Waals surface area contributed by atoms with Gasteiger partial charge in [0.15, 0.2) is 0 Å². The molecule has 0 aliphatic carbocycles. The van der Waals surface area contributed by atoms with E-state index in [0.717, 1.165) is 38.9 Å². The molecule has 1 aromatic carbocycles. The van der Waals surface area contributed by atoms with Crippen molar-refractivity contribution in [3.63, 3.8) is 0 Å². The van der Waals surface area contributed by atoms with Crippen LogP contribution in [0.2, 0.25) is 0 Å². The number of rotatable bonds is 5. The number of carbonyl (C=O) groups is 1. The van der Waals surface area contributed by atoms with Crippen LogP contribution < -0.4 is 5.32 Å². The lowest BCUT2D eigenvalue weighted by molar-refractivity contribution is -0.109. The predicted octanol–water partition coefficient (Wildman–Crippen LogP) is 4.28. The molecule has 0 spiro atoms. The summed E-state index contributed by atoms with van der Waals surface area (Å²) in [6, 6.07) is 11.9. The van der Waals surface area contributed by atoms with Crippen LogP contribution in [0.5, 0.6) is 0 Å². The number of halogens is 1. The van der Waals surface area contributed by atoms with E-state index in [1.165, 1.54) is 12.1 Å². The second-order valence-corrected chi connectivity index (χ2v) is 7.05. The summed E-state index contributed by atoms with van der Waals surface area (Å²) in [5, 5.41) is 12.8. The molecule has 0 fully saturated rings. The minimum Gasteiger partial charge on any atom is -0.353 e. The molecule has 0 saturated heterocycles. The molecule has 29 heavy (non-hydrogen) atoms. The van der Waals surface area contributed by atoms with Gasteiger partial charge in [0.05, 0.1) is 17.8 Å². The molecule has 0 aliphatic heterocycles. The van der Waals surface area contributed by atoms with Crippen LogP contribution in [0.4, 0.5) is 4.39 Å². The van der Waals surface area contributed by atoms with Crippen LogP contribution in [-0.2, 0) is 11.3 Å². The molecule has 4 aromatic rings. The van der Waals surface area contributed by atoms with Gasteiger partial charge in [-0.1, -0.05) is 6.07 Å². The van der Waals surface area contributed by atoms with Crippen LogP contribution in [0.15, 0.2) is 54.0 Å². The number of benzene rings is 1. The minimum absolute atomic E-state index is 0.248. The van der Waals surface area contributed by atoms with E-state index in [1.807, 2.05) is 37.4 Å². The molecular formula is C21H20FN5OS. The number of aromatic amines is 1. The number of hydrogen-bond acceptors (Lipinski definition) is 5. The number of nitrogens with one attached hydrogen (secondary N) is 2.